The van der Waals surface area contributed by atoms with E-state index in [1.807, 2.05) is 13.0 Å². The molecule has 0 radical (unpaired) electrons. The second-order valence-corrected chi connectivity index (χ2v) is 5.90. The Morgan fingerprint density at radius 1 is 1.37 bits per heavy atom. The topological polar surface area (TPSA) is 47.0 Å². The molecule has 1 aromatic rings. The fourth-order valence-electron chi connectivity index (χ4n) is 2.38. The second-order valence-electron chi connectivity index (χ2n) is 5.90. The Balaban J connectivity index is 2.20. The molecule has 4 nitrogen and oxygen atoms in total. The minimum absolute atomic E-state index is 0.309. The van der Waals surface area contributed by atoms with Gasteiger partial charge in [-0.25, -0.2) is 9.97 Å². The smallest absolute Gasteiger partial charge is 0.160 e. The zero-order valence-corrected chi connectivity index (χ0v) is 12.5. The van der Waals surface area contributed by atoms with Gasteiger partial charge in [0.25, 0.3) is 0 Å². The molecule has 4 heteroatoms. The maximum absolute atomic E-state index is 5.94. The molecule has 2 heterocycles. The highest BCUT2D eigenvalue weighted by Gasteiger charge is 2.33. The molecule has 0 aliphatic carbocycles. The normalized spacial score (nSPS) is 23.8. The van der Waals surface area contributed by atoms with Gasteiger partial charge in [0.05, 0.1) is 5.69 Å². The Morgan fingerprint density at radius 2 is 2.16 bits per heavy atom. The Bertz CT molecular complexity index is 425. The van der Waals surface area contributed by atoms with Crippen LogP contribution in [0.15, 0.2) is 6.07 Å². The third-order valence-corrected chi connectivity index (χ3v) is 3.54. The predicted octanol–water partition coefficient (Wildman–Crippen LogP) is 2.70. The van der Waals surface area contributed by atoms with Crippen LogP contribution in [0, 0.1) is 6.92 Å². The molecular formula is C15H25N3O. The summed E-state index contributed by atoms with van der Waals surface area (Å²) in [6.45, 7) is 10.0. The van der Waals surface area contributed by atoms with Gasteiger partial charge in [-0.15, -0.1) is 0 Å². The molecule has 1 N–H and O–H groups in total. The van der Waals surface area contributed by atoms with Gasteiger partial charge in [-0.1, -0.05) is 13.8 Å². The Hall–Kier alpha value is -1.00. The molecule has 0 amide bonds. The summed E-state index contributed by atoms with van der Waals surface area (Å²) in [7, 11) is 0. The second kappa shape index (κ2) is 5.97. The van der Waals surface area contributed by atoms with Crippen LogP contribution in [0.5, 0.6) is 0 Å². The lowest BCUT2D eigenvalue weighted by Gasteiger charge is -2.32. The van der Waals surface area contributed by atoms with Gasteiger partial charge in [-0.3, -0.25) is 0 Å². The first kappa shape index (κ1) is 14.4. The number of nitrogens with one attached hydrogen (secondary N) is 1. The van der Waals surface area contributed by atoms with Crippen molar-refractivity contribution in [3.8, 4) is 0 Å². The molecule has 0 bridgehead atoms. The molecule has 1 atom stereocenters. The van der Waals surface area contributed by atoms with Crippen molar-refractivity contribution in [2.24, 2.45) is 0 Å². The monoisotopic (exact) mass is 263 g/mol. The summed E-state index contributed by atoms with van der Waals surface area (Å²) >= 11 is 0. The van der Waals surface area contributed by atoms with Gasteiger partial charge in [0.15, 0.2) is 5.82 Å². The van der Waals surface area contributed by atoms with Gasteiger partial charge in [0, 0.05) is 24.9 Å². The average Bonchev–Trinajstić information content (AvgIpc) is 2.37. The summed E-state index contributed by atoms with van der Waals surface area (Å²) in [6, 6.07) is 2.51. The summed E-state index contributed by atoms with van der Waals surface area (Å²) in [6.07, 6.45) is 3.34. The number of aryl methyl sites for hydroxylation is 1. The first-order valence-corrected chi connectivity index (χ1v) is 7.22. The van der Waals surface area contributed by atoms with Crippen LogP contribution in [0.25, 0.3) is 0 Å². The lowest BCUT2D eigenvalue weighted by molar-refractivity contribution is -0.0762. The Labute approximate surface area is 116 Å². The van der Waals surface area contributed by atoms with Crippen LogP contribution in [0.2, 0.25) is 0 Å². The molecule has 1 fully saturated rings. The SMILES string of the molecule is Cc1cc(CNC(C)C)nc(C2(C)CCCCO2)n1. The highest BCUT2D eigenvalue weighted by Crippen LogP contribution is 2.32. The van der Waals surface area contributed by atoms with Crippen molar-refractivity contribution < 1.29 is 4.74 Å². The van der Waals surface area contributed by atoms with E-state index in [-0.39, 0.29) is 5.60 Å². The van der Waals surface area contributed by atoms with Crippen LogP contribution >= 0.6 is 0 Å². The molecule has 2 rings (SSSR count). The van der Waals surface area contributed by atoms with Crippen molar-refractivity contribution in [2.75, 3.05) is 6.61 Å². The van der Waals surface area contributed by atoms with E-state index in [0.29, 0.717) is 6.04 Å². The van der Waals surface area contributed by atoms with Gasteiger partial charge in [0.2, 0.25) is 0 Å². The molecule has 1 aliphatic rings. The number of hydrogen-bond donors (Lipinski definition) is 1. The molecule has 1 aliphatic heterocycles. The molecule has 19 heavy (non-hydrogen) atoms. The fourth-order valence-corrected chi connectivity index (χ4v) is 2.38. The molecular weight excluding hydrogens is 238 g/mol. The van der Waals surface area contributed by atoms with Gasteiger partial charge in [0.1, 0.15) is 5.60 Å². The van der Waals surface area contributed by atoms with Crippen LogP contribution in [-0.2, 0) is 16.9 Å². The van der Waals surface area contributed by atoms with Crippen LogP contribution < -0.4 is 5.32 Å². The van der Waals surface area contributed by atoms with Crippen LogP contribution in [-0.4, -0.2) is 22.6 Å². The number of rotatable bonds is 4. The van der Waals surface area contributed by atoms with Gasteiger partial charge in [-0.05, 0) is 39.2 Å². The quantitative estimate of drug-likeness (QED) is 0.907. The van der Waals surface area contributed by atoms with Crippen LogP contribution in [0.4, 0.5) is 0 Å². The lowest BCUT2D eigenvalue weighted by atomic mass is 9.95. The van der Waals surface area contributed by atoms with Crippen molar-refractivity contribution >= 4 is 0 Å². The van der Waals surface area contributed by atoms with Crippen molar-refractivity contribution in [1.82, 2.24) is 15.3 Å². The number of nitrogens with zero attached hydrogens (tertiary/aromatic N) is 2. The molecule has 0 aromatic carbocycles. The van der Waals surface area contributed by atoms with E-state index in [0.717, 1.165) is 43.2 Å². The molecule has 0 spiro atoms. The van der Waals surface area contributed by atoms with Gasteiger partial charge in [-0.2, -0.15) is 0 Å². The summed E-state index contributed by atoms with van der Waals surface area (Å²) in [5.74, 6) is 0.841. The maximum Gasteiger partial charge on any atom is 0.160 e. The van der Waals surface area contributed by atoms with Crippen molar-refractivity contribution in [3.63, 3.8) is 0 Å². The maximum atomic E-state index is 5.94. The molecule has 106 valence electrons. The lowest BCUT2D eigenvalue weighted by Crippen LogP contribution is -2.33. The van der Waals surface area contributed by atoms with E-state index < -0.39 is 0 Å². The van der Waals surface area contributed by atoms with E-state index in [2.05, 4.69) is 31.1 Å². The minimum Gasteiger partial charge on any atom is -0.367 e. The fraction of sp³-hybridized carbons (Fsp3) is 0.733. The third kappa shape index (κ3) is 3.74. The average molecular weight is 263 g/mol. The minimum atomic E-state index is -0.309. The highest BCUT2D eigenvalue weighted by molar-refractivity contribution is 5.14. The first-order valence-electron chi connectivity index (χ1n) is 7.22. The van der Waals surface area contributed by atoms with Crippen LogP contribution in [0.3, 0.4) is 0 Å². The van der Waals surface area contributed by atoms with Gasteiger partial charge < -0.3 is 10.1 Å². The number of hydrogen-bond acceptors (Lipinski definition) is 4. The standard InChI is InChI=1S/C15H25N3O/c1-11(2)16-10-13-9-12(3)17-14(18-13)15(4)7-5-6-8-19-15/h9,11,16H,5-8,10H2,1-4H3. The summed E-state index contributed by atoms with van der Waals surface area (Å²) in [4.78, 5) is 9.29. The first-order chi connectivity index (χ1) is 8.99. The van der Waals surface area contributed by atoms with E-state index in [9.17, 15) is 0 Å². The van der Waals surface area contributed by atoms with E-state index in [1.165, 1.54) is 6.42 Å². The summed E-state index contributed by atoms with van der Waals surface area (Å²) in [5.41, 5.74) is 1.75. The highest BCUT2D eigenvalue weighted by atomic mass is 16.5. The molecule has 1 aromatic heterocycles. The van der Waals surface area contributed by atoms with Crippen LogP contribution in [0.1, 0.15) is 57.2 Å². The van der Waals surface area contributed by atoms with E-state index >= 15 is 0 Å². The zero-order chi connectivity index (χ0) is 13.9. The zero-order valence-electron chi connectivity index (χ0n) is 12.5. The third-order valence-electron chi connectivity index (χ3n) is 3.54. The molecule has 1 saturated heterocycles. The Morgan fingerprint density at radius 3 is 2.79 bits per heavy atom. The predicted molar refractivity (Wildman–Crippen MR) is 75.9 cm³/mol. The van der Waals surface area contributed by atoms with Gasteiger partial charge >= 0.3 is 0 Å². The summed E-state index contributed by atoms with van der Waals surface area (Å²) in [5, 5.41) is 3.40. The molecule has 1 unspecified atom stereocenters. The van der Waals surface area contributed by atoms with Crippen molar-refractivity contribution in [2.45, 2.75) is 65.1 Å². The van der Waals surface area contributed by atoms with E-state index in [1.54, 1.807) is 0 Å². The Kier molecular flexibility index (Phi) is 4.53. The van der Waals surface area contributed by atoms with E-state index in [4.69, 9.17) is 9.72 Å². The van der Waals surface area contributed by atoms with Crippen molar-refractivity contribution in [1.29, 1.82) is 0 Å². The largest absolute Gasteiger partial charge is 0.367 e. The van der Waals surface area contributed by atoms with Crippen molar-refractivity contribution in [3.05, 3.63) is 23.3 Å². The summed E-state index contributed by atoms with van der Waals surface area (Å²) < 4.78 is 5.94. The molecule has 0 saturated carbocycles. The number of ether oxygens (including phenoxy) is 1. The number of aromatic nitrogens is 2.